The minimum atomic E-state index is -3.70. The first-order valence-corrected chi connectivity index (χ1v) is 9.35. The second-order valence-electron chi connectivity index (χ2n) is 5.86. The summed E-state index contributed by atoms with van der Waals surface area (Å²) in [6.07, 6.45) is 1.70. The van der Waals surface area contributed by atoms with Crippen LogP contribution in [0, 0.1) is 0 Å². The van der Waals surface area contributed by atoms with E-state index in [0.29, 0.717) is 11.1 Å². The number of nitrogens with one attached hydrogen (secondary N) is 2. The van der Waals surface area contributed by atoms with Crippen molar-refractivity contribution in [2.75, 3.05) is 20.1 Å². The Morgan fingerprint density at radius 1 is 1.39 bits per heavy atom. The number of likely N-dealkylation sites (N-methyl/N-ethyl adjacent to an activating group) is 1. The van der Waals surface area contributed by atoms with Crippen LogP contribution in [-0.4, -0.2) is 50.9 Å². The zero-order valence-corrected chi connectivity index (χ0v) is 14.8. The standard InChI is InChI=1S/C15H22ClN3O3S/c1-11-9-13(7-8-17-11)18-15(20)10-19(2)23(21,22)14-5-3-12(16)4-6-14/h3-6,11,13,17H,7-10H2,1-2H3,(H,18,20). The van der Waals surface area contributed by atoms with Gasteiger partial charge in [-0.15, -0.1) is 0 Å². The number of nitrogens with zero attached hydrogens (tertiary/aromatic N) is 1. The lowest BCUT2D eigenvalue weighted by Crippen LogP contribution is -2.49. The van der Waals surface area contributed by atoms with Crippen LogP contribution in [0.1, 0.15) is 19.8 Å². The summed E-state index contributed by atoms with van der Waals surface area (Å²) in [5.41, 5.74) is 0. The topological polar surface area (TPSA) is 78.5 Å². The Morgan fingerprint density at radius 2 is 2.04 bits per heavy atom. The summed E-state index contributed by atoms with van der Waals surface area (Å²) >= 11 is 5.77. The fraction of sp³-hybridized carbons (Fsp3) is 0.533. The molecule has 1 aliphatic heterocycles. The molecule has 128 valence electrons. The van der Waals surface area contributed by atoms with E-state index >= 15 is 0 Å². The van der Waals surface area contributed by atoms with Gasteiger partial charge in [0.1, 0.15) is 0 Å². The molecule has 1 aromatic rings. The van der Waals surface area contributed by atoms with Gasteiger partial charge in [-0.3, -0.25) is 4.79 Å². The monoisotopic (exact) mass is 359 g/mol. The maximum atomic E-state index is 12.4. The summed E-state index contributed by atoms with van der Waals surface area (Å²) in [5, 5.41) is 6.68. The van der Waals surface area contributed by atoms with Crippen LogP contribution in [0.5, 0.6) is 0 Å². The molecule has 2 N–H and O–H groups in total. The SMILES string of the molecule is CC1CC(NC(=O)CN(C)S(=O)(=O)c2ccc(Cl)cc2)CCN1. The number of hydrogen-bond acceptors (Lipinski definition) is 4. The van der Waals surface area contributed by atoms with Crippen molar-refractivity contribution in [1.82, 2.24) is 14.9 Å². The molecule has 1 aliphatic rings. The van der Waals surface area contributed by atoms with Crippen LogP contribution in [0.25, 0.3) is 0 Å². The first kappa shape index (κ1) is 18.2. The predicted octanol–water partition coefficient (Wildman–Crippen LogP) is 1.22. The maximum Gasteiger partial charge on any atom is 0.243 e. The number of rotatable bonds is 5. The minimum Gasteiger partial charge on any atom is -0.352 e. The minimum absolute atomic E-state index is 0.0883. The van der Waals surface area contributed by atoms with Gasteiger partial charge in [0, 0.05) is 24.2 Å². The largest absolute Gasteiger partial charge is 0.352 e. The van der Waals surface area contributed by atoms with Crippen LogP contribution >= 0.6 is 11.6 Å². The summed E-state index contributed by atoms with van der Waals surface area (Å²) in [5.74, 6) is -0.288. The number of sulfonamides is 1. The van der Waals surface area contributed by atoms with E-state index in [1.807, 2.05) is 0 Å². The quantitative estimate of drug-likeness (QED) is 0.828. The lowest BCUT2D eigenvalue weighted by molar-refractivity contribution is -0.122. The third kappa shape index (κ3) is 4.91. The van der Waals surface area contributed by atoms with Crippen LogP contribution in [0.3, 0.4) is 0 Å². The fourth-order valence-corrected chi connectivity index (χ4v) is 3.86. The molecular formula is C15H22ClN3O3S. The fourth-order valence-electron chi connectivity index (χ4n) is 2.61. The van der Waals surface area contributed by atoms with Crippen molar-refractivity contribution in [2.45, 2.75) is 36.7 Å². The lowest BCUT2D eigenvalue weighted by atomic mass is 10.0. The molecule has 6 nitrogen and oxygen atoms in total. The molecule has 0 radical (unpaired) electrons. The average Bonchev–Trinajstić information content (AvgIpc) is 2.47. The summed E-state index contributed by atoms with van der Waals surface area (Å²) < 4.78 is 25.9. The van der Waals surface area contributed by atoms with Gasteiger partial charge in [0.25, 0.3) is 0 Å². The Hall–Kier alpha value is -1.15. The summed E-state index contributed by atoms with van der Waals surface area (Å²) in [6, 6.07) is 6.33. The number of benzene rings is 1. The molecule has 1 aromatic carbocycles. The lowest BCUT2D eigenvalue weighted by Gasteiger charge is -2.29. The van der Waals surface area contributed by atoms with Crippen LogP contribution < -0.4 is 10.6 Å². The second-order valence-corrected chi connectivity index (χ2v) is 8.34. The van der Waals surface area contributed by atoms with Gasteiger partial charge >= 0.3 is 0 Å². The van der Waals surface area contributed by atoms with Crippen molar-refractivity contribution in [3.8, 4) is 0 Å². The molecule has 0 bridgehead atoms. The molecule has 8 heteroatoms. The van der Waals surface area contributed by atoms with Gasteiger partial charge in [0.15, 0.2) is 0 Å². The molecular weight excluding hydrogens is 338 g/mol. The molecule has 1 heterocycles. The maximum absolute atomic E-state index is 12.4. The van der Waals surface area contributed by atoms with E-state index in [2.05, 4.69) is 17.6 Å². The molecule has 2 rings (SSSR count). The Morgan fingerprint density at radius 3 is 2.65 bits per heavy atom. The van der Waals surface area contributed by atoms with E-state index < -0.39 is 10.0 Å². The predicted molar refractivity (Wildman–Crippen MR) is 89.9 cm³/mol. The Labute approximate surface area is 142 Å². The molecule has 23 heavy (non-hydrogen) atoms. The molecule has 1 saturated heterocycles. The highest BCUT2D eigenvalue weighted by Crippen LogP contribution is 2.17. The smallest absolute Gasteiger partial charge is 0.243 e. The molecule has 0 aromatic heterocycles. The van der Waals surface area contributed by atoms with Gasteiger partial charge in [-0.25, -0.2) is 8.42 Å². The van der Waals surface area contributed by atoms with Gasteiger partial charge < -0.3 is 10.6 Å². The van der Waals surface area contributed by atoms with Crippen LogP contribution in [0.2, 0.25) is 5.02 Å². The highest BCUT2D eigenvalue weighted by atomic mass is 35.5. The van der Waals surface area contributed by atoms with Crippen LogP contribution in [0.15, 0.2) is 29.2 Å². The Balaban J connectivity index is 1.95. The first-order chi connectivity index (χ1) is 10.8. The van der Waals surface area contributed by atoms with E-state index in [9.17, 15) is 13.2 Å². The highest BCUT2D eigenvalue weighted by molar-refractivity contribution is 7.89. The van der Waals surface area contributed by atoms with Crippen molar-refractivity contribution in [3.05, 3.63) is 29.3 Å². The second kappa shape index (κ2) is 7.61. The molecule has 1 fully saturated rings. The molecule has 0 spiro atoms. The van der Waals surface area contributed by atoms with Crippen LogP contribution in [0.4, 0.5) is 0 Å². The van der Waals surface area contributed by atoms with Gasteiger partial charge in [-0.2, -0.15) is 4.31 Å². The number of hydrogen-bond donors (Lipinski definition) is 2. The van der Waals surface area contributed by atoms with Crippen molar-refractivity contribution >= 4 is 27.5 Å². The molecule has 0 aliphatic carbocycles. The van der Waals surface area contributed by atoms with Crippen LogP contribution in [-0.2, 0) is 14.8 Å². The number of carbonyl (C=O) groups is 1. The first-order valence-electron chi connectivity index (χ1n) is 7.53. The number of halogens is 1. The Bertz CT molecular complexity index is 648. The van der Waals surface area contributed by atoms with E-state index in [0.717, 1.165) is 23.7 Å². The third-order valence-electron chi connectivity index (χ3n) is 3.88. The van der Waals surface area contributed by atoms with Crippen molar-refractivity contribution in [3.63, 3.8) is 0 Å². The summed E-state index contributed by atoms with van der Waals surface area (Å²) in [7, 11) is -2.30. The van der Waals surface area contributed by atoms with E-state index in [1.54, 1.807) is 0 Å². The zero-order chi connectivity index (χ0) is 17.0. The zero-order valence-electron chi connectivity index (χ0n) is 13.3. The van der Waals surface area contributed by atoms with Gasteiger partial charge in [-0.05, 0) is 50.6 Å². The molecule has 0 saturated carbocycles. The third-order valence-corrected chi connectivity index (χ3v) is 5.95. The van der Waals surface area contributed by atoms with E-state index in [-0.39, 0.29) is 23.4 Å². The molecule has 2 atom stereocenters. The molecule has 1 amide bonds. The Kier molecular flexibility index (Phi) is 6.02. The number of amides is 1. The van der Waals surface area contributed by atoms with Crippen molar-refractivity contribution in [1.29, 1.82) is 0 Å². The van der Waals surface area contributed by atoms with Crippen molar-refractivity contribution in [2.24, 2.45) is 0 Å². The number of carbonyl (C=O) groups excluding carboxylic acids is 1. The highest BCUT2D eigenvalue weighted by Gasteiger charge is 2.25. The molecule has 2 unspecified atom stereocenters. The number of piperidine rings is 1. The summed E-state index contributed by atoms with van der Waals surface area (Å²) in [6.45, 7) is 2.71. The normalized spacial score (nSPS) is 22.1. The summed E-state index contributed by atoms with van der Waals surface area (Å²) in [4.78, 5) is 12.2. The van der Waals surface area contributed by atoms with Gasteiger partial charge in [0.05, 0.1) is 11.4 Å². The van der Waals surface area contributed by atoms with Gasteiger partial charge in [-0.1, -0.05) is 11.6 Å². The van der Waals surface area contributed by atoms with Crippen molar-refractivity contribution < 1.29 is 13.2 Å². The van der Waals surface area contributed by atoms with Gasteiger partial charge in [0.2, 0.25) is 15.9 Å². The van der Waals surface area contributed by atoms with E-state index in [4.69, 9.17) is 11.6 Å². The average molecular weight is 360 g/mol. The van der Waals surface area contributed by atoms with E-state index in [1.165, 1.54) is 31.3 Å².